The Kier molecular flexibility index (Phi) is 4.97. The second-order valence-corrected chi connectivity index (χ2v) is 6.74. The van der Waals surface area contributed by atoms with Crippen molar-refractivity contribution in [1.82, 2.24) is 19.3 Å². The first-order valence-corrected chi connectivity index (χ1v) is 9.43. The van der Waals surface area contributed by atoms with E-state index in [9.17, 15) is 14.4 Å². The Morgan fingerprint density at radius 1 is 1.03 bits per heavy atom. The summed E-state index contributed by atoms with van der Waals surface area (Å²) in [6.07, 6.45) is 3.27. The Balaban J connectivity index is 1.62. The maximum absolute atomic E-state index is 12.9. The first-order chi connectivity index (χ1) is 14.5. The van der Waals surface area contributed by atoms with E-state index in [1.54, 1.807) is 79.5 Å². The summed E-state index contributed by atoms with van der Waals surface area (Å²) < 4.78 is 2.92. The summed E-state index contributed by atoms with van der Waals surface area (Å²) in [6, 6.07) is 13.4. The summed E-state index contributed by atoms with van der Waals surface area (Å²) in [5.41, 5.74) is 0.906. The third kappa shape index (κ3) is 3.39. The van der Waals surface area contributed by atoms with Crippen LogP contribution in [0.4, 0.5) is 5.69 Å². The molecule has 8 nitrogen and oxygen atoms in total. The fourth-order valence-corrected chi connectivity index (χ4v) is 3.23. The van der Waals surface area contributed by atoms with Gasteiger partial charge in [0.25, 0.3) is 11.5 Å². The number of aromatic nitrogens is 4. The number of rotatable bonds is 5. The number of imidazole rings is 1. The van der Waals surface area contributed by atoms with Gasteiger partial charge in [-0.05, 0) is 37.3 Å². The minimum absolute atomic E-state index is 0.167. The van der Waals surface area contributed by atoms with Crippen molar-refractivity contribution >= 4 is 28.2 Å². The van der Waals surface area contributed by atoms with Crippen molar-refractivity contribution in [3.05, 3.63) is 88.4 Å². The lowest BCUT2D eigenvalue weighted by atomic mass is 10.1. The van der Waals surface area contributed by atoms with Crippen molar-refractivity contribution in [2.75, 3.05) is 5.32 Å². The Morgan fingerprint density at radius 2 is 1.73 bits per heavy atom. The molecule has 0 saturated carbocycles. The zero-order valence-electron chi connectivity index (χ0n) is 16.5. The molecule has 30 heavy (non-hydrogen) atoms. The summed E-state index contributed by atoms with van der Waals surface area (Å²) in [5, 5.41) is 7.95. The highest BCUT2D eigenvalue weighted by Gasteiger charge is 2.17. The van der Waals surface area contributed by atoms with Gasteiger partial charge in [-0.3, -0.25) is 14.4 Å². The quantitative estimate of drug-likeness (QED) is 0.518. The Labute approximate surface area is 171 Å². The molecule has 0 fully saturated rings. The van der Waals surface area contributed by atoms with Gasteiger partial charge < -0.3 is 9.88 Å². The lowest BCUT2D eigenvalue weighted by molar-refractivity contribution is 0.101. The van der Waals surface area contributed by atoms with Gasteiger partial charge in [-0.25, -0.2) is 9.67 Å². The molecule has 2 heterocycles. The number of aryl methyl sites for hydroxylation is 2. The summed E-state index contributed by atoms with van der Waals surface area (Å²) in [4.78, 5) is 41.9. The lowest BCUT2D eigenvalue weighted by Crippen LogP contribution is -2.27. The van der Waals surface area contributed by atoms with E-state index in [1.165, 1.54) is 4.68 Å². The maximum atomic E-state index is 12.9. The normalized spacial score (nSPS) is 10.9. The van der Waals surface area contributed by atoms with Crippen LogP contribution < -0.4 is 10.9 Å². The van der Waals surface area contributed by atoms with Crippen molar-refractivity contribution in [1.29, 1.82) is 0 Å². The lowest BCUT2D eigenvalue weighted by Gasteiger charge is -2.10. The van der Waals surface area contributed by atoms with E-state index in [2.05, 4.69) is 15.4 Å². The average molecular weight is 401 g/mol. The van der Waals surface area contributed by atoms with Gasteiger partial charge in [-0.2, -0.15) is 5.10 Å². The zero-order chi connectivity index (χ0) is 21.3. The molecule has 2 aromatic heterocycles. The van der Waals surface area contributed by atoms with E-state index in [0.717, 1.165) is 0 Å². The Hall–Kier alpha value is -4.07. The van der Waals surface area contributed by atoms with E-state index < -0.39 is 5.91 Å². The molecule has 0 aliphatic carbocycles. The van der Waals surface area contributed by atoms with Crippen molar-refractivity contribution in [3.63, 3.8) is 0 Å². The highest BCUT2D eigenvalue weighted by atomic mass is 16.2. The predicted octanol–water partition coefficient (Wildman–Crippen LogP) is 2.63. The highest BCUT2D eigenvalue weighted by Crippen LogP contribution is 2.17. The standard InChI is InChI=1S/C22H19N5O3/c1-3-27-22(30)17-7-5-4-6-16(17)18(25-27)21(29)24-15-10-8-14(9-11-15)19(28)20-23-12-13-26(20)2/h4-13H,3H2,1-2H3,(H,24,29). The number of benzene rings is 2. The minimum Gasteiger partial charge on any atom is -0.331 e. The SMILES string of the molecule is CCn1nc(C(=O)Nc2ccc(C(=O)c3nccn3C)cc2)c2ccccc2c1=O. The third-order valence-corrected chi connectivity index (χ3v) is 4.81. The zero-order valence-corrected chi connectivity index (χ0v) is 16.5. The summed E-state index contributed by atoms with van der Waals surface area (Å²) in [6.45, 7) is 2.15. The van der Waals surface area contributed by atoms with E-state index >= 15 is 0 Å². The van der Waals surface area contributed by atoms with E-state index in [4.69, 9.17) is 0 Å². The van der Waals surface area contributed by atoms with Gasteiger partial charge in [-0.1, -0.05) is 18.2 Å². The van der Waals surface area contributed by atoms with Crippen molar-refractivity contribution in [2.24, 2.45) is 7.05 Å². The number of carbonyl (C=O) groups is 2. The van der Waals surface area contributed by atoms with Crippen LogP contribution in [0.25, 0.3) is 10.8 Å². The van der Waals surface area contributed by atoms with Gasteiger partial charge >= 0.3 is 0 Å². The van der Waals surface area contributed by atoms with Crippen LogP contribution in [-0.2, 0) is 13.6 Å². The van der Waals surface area contributed by atoms with E-state index in [0.29, 0.717) is 34.4 Å². The van der Waals surface area contributed by atoms with Crippen molar-refractivity contribution in [3.8, 4) is 0 Å². The number of hydrogen-bond acceptors (Lipinski definition) is 5. The molecule has 4 aromatic rings. The first-order valence-electron chi connectivity index (χ1n) is 9.43. The van der Waals surface area contributed by atoms with Gasteiger partial charge in [0.15, 0.2) is 11.5 Å². The number of hydrogen-bond donors (Lipinski definition) is 1. The largest absolute Gasteiger partial charge is 0.331 e. The van der Waals surface area contributed by atoms with Crippen LogP contribution in [0.5, 0.6) is 0 Å². The van der Waals surface area contributed by atoms with E-state index in [1.807, 2.05) is 0 Å². The number of ketones is 1. The molecule has 0 atom stereocenters. The molecule has 0 spiro atoms. The molecule has 1 N–H and O–H groups in total. The number of anilines is 1. The monoisotopic (exact) mass is 401 g/mol. The molecule has 0 radical (unpaired) electrons. The van der Waals surface area contributed by atoms with Crippen LogP contribution in [0.15, 0.2) is 65.7 Å². The predicted molar refractivity (Wildman–Crippen MR) is 113 cm³/mol. The topological polar surface area (TPSA) is 98.9 Å². The highest BCUT2D eigenvalue weighted by molar-refractivity contribution is 6.11. The average Bonchev–Trinajstić information content (AvgIpc) is 3.20. The fraction of sp³-hybridized carbons (Fsp3) is 0.136. The van der Waals surface area contributed by atoms with Crippen LogP contribution in [-0.4, -0.2) is 31.0 Å². The summed E-state index contributed by atoms with van der Waals surface area (Å²) in [7, 11) is 1.75. The van der Waals surface area contributed by atoms with Gasteiger partial charge in [0.2, 0.25) is 5.78 Å². The van der Waals surface area contributed by atoms with E-state index in [-0.39, 0.29) is 17.0 Å². The summed E-state index contributed by atoms with van der Waals surface area (Å²) in [5.74, 6) is -0.302. The van der Waals surface area contributed by atoms with Gasteiger partial charge in [0, 0.05) is 42.6 Å². The molecular weight excluding hydrogens is 382 g/mol. The van der Waals surface area contributed by atoms with Crippen LogP contribution in [0.1, 0.15) is 33.6 Å². The Bertz CT molecular complexity index is 1320. The van der Waals surface area contributed by atoms with Crippen LogP contribution >= 0.6 is 0 Å². The number of carbonyl (C=O) groups excluding carboxylic acids is 2. The number of fused-ring (bicyclic) bond motifs is 1. The molecule has 4 rings (SSSR count). The first kappa shape index (κ1) is 19.3. The third-order valence-electron chi connectivity index (χ3n) is 4.81. The van der Waals surface area contributed by atoms with Gasteiger partial charge in [-0.15, -0.1) is 0 Å². The summed E-state index contributed by atoms with van der Waals surface area (Å²) >= 11 is 0. The number of amides is 1. The van der Waals surface area contributed by atoms with Crippen LogP contribution in [0.3, 0.4) is 0 Å². The molecule has 0 saturated heterocycles. The Morgan fingerprint density at radius 3 is 2.37 bits per heavy atom. The molecule has 150 valence electrons. The van der Waals surface area contributed by atoms with Gasteiger partial charge in [0.05, 0.1) is 5.39 Å². The maximum Gasteiger partial charge on any atom is 0.276 e. The second-order valence-electron chi connectivity index (χ2n) is 6.74. The molecular formula is C22H19N5O3. The van der Waals surface area contributed by atoms with Crippen molar-refractivity contribution in [2.45, 2.75) is 13.5 Å². The van der Waals surface area contributed by atoms with Gasteiger partial charge in [0.1, 0.15) is 0 Å². The molecule has 2 aromatic carbocycles. The molecule has 0 aliphatic rings. The minimum atomic E-state index is -0.434. The number of nitrogens with one attached hydrogen (secondary N) is 1. The number of nitrogens with zero attached hydrogens (tertiary/aromatic N) is 4. The van der Waals surface area contributed by atoms with Crippen molar-refractivity contribution < 1.29 is 9.59 Å². The fourth-order valence-electron chi connectivity index (χ4n) is 3.23. The molecule has 8 heteroatoms. The van der Waals surface area contributed by atoms with Crippen LogP contribution in [0, 0.1) is 0 Å². The second kappa shape index (κ2) is 7.75. The molecule has 0 unspecified atom stereocenters. The van der Waals surface area contributed by atoms with Crippen LogP contribution in [0.2, 0.25) is 0 Å². The molecule has 1 amide bonds. The molecule has 0 bridgehead atoms. The molecule has 0 aliphatic heterocycles. The smallest absolute Gasteiger partial charge is 0.276 e.